The van der Waals surface area contributed by atoms with Gasteiger partial charge in [-0.1, -0.05) is 35.5 Å². The number of methoxy groups -OCH3 is 1. The van der Waals surface area contributed by atoms with E-state index in [9.17, 15) is 0 Å². The van der Waals surface area contributed by atoms with Gasteiger partial charge in [0.05, 0.1) is 18.4 Å². The fourth-order valence-electron chi connectivity index (χ4n) is 3.83. The lowest BCUT2D eigenvalue weighted by molar-refractivity contribution is 0.393. The maximum atomic E-state index is 5.37. The van der Waals surface area contributed by atoms with E-state index >= 15 is 0 Å². The van der Waals surface area contributed by atoms with Crippen molar-refractivity contribution in [1.82, 2.24) is 24.7 Å². The van der Waals surface area contributed by atoms with Crippen LogP contribution in [0.1, 0.15) is 17.0 Å². The highest BCUT2D eigenvalue weighted by molar-refractivity contribution is 5.86. The number of hydrogen-bond acceptors (Lipinski definition) is 7. The van der Waals surface area contributed by atoms with Crippen molar-refractivity contribution in [3.8, 4) is 22.8 Å². The van der Waals surface area contributed by atoms with Gasteiger partial charge in [-0.15, -0.1) is 0 Å². The first kappa shape index (κ1) is 20.7. The number of ether oxygens (including phenoxy) is 1. The first-order chi connectivity index (χ1) is 16.1. The molecule has 0 saturated carbocycles. The second-order valence-electron chi connectivity index (χ2n) is 7.74. The van der Waals surface area contributed by atoms with Crippen molar-refractivity contribution in [3.05, 3.63) is 77.9 Å². The fourth-order valence-corrected chi connectivity index (χ4v) is 3.83. The molecule has 8 heteroatoms. The quantitative estimate of drug-likeness (QED) is 0.390. The zero-order valence-corrected chi connectivity index (χ0v) is 18.7. The molecule has 8 nitrogen and oxygen atoms in total. The summed E-state index contributed by atoms with van der Waals surface area (Å²) >= 11 is 0. The zero-order valence-electron chi connectivity index (χ0n) is 18.7. The molecule has 5 aromatic rings. The number of para-hydroxylation sites is 1. The maximum absolute atomic E-state index is 5.37. The summed E-state index contributed by atoms with van der Waals surface area (Å²) in [6.07, 6.45) is 2.61. The topological polar surface area (TPSA) is 90.9 Å². The van der Waals surface area contributed by atoms with Crippen LogP contribution in [0.25, 0.3) is 28.2 Å². The second-order valence-corrected chi connectivity index (χ2v) is 7.74. The molecular weight excluding hydrogens is 416 g/mol. The molecule has 0 amide bonds. The van der Waals surface area contributed by atoms with Crippen LogP contribution >= 0.6 is 0 Å². The van der Waals surface area contributed by atoms with Gasteiger partial charge in [0.15, 0.2) is 22.8 Å². The number of aryl methyl sites for hydroxylation is 2. The number of anilines is 1. The Morgan fingerprint density at radius 2 is 1.79 bits per heavy atom. The molecule has 0 saturated heterocycles. The number of fused-ring (bicyclic) bond motifs is 1. The highest BCUT2D eigenvalue weighted by Gasteiger charge is 2.20. The van der Waals surface area contributed by atoms with Gasteiger partial charge in [-0.25, -0.2) is 15.0 Å². The Hall–Kier alpha value is -4.20. The van der Waals surface area contributed by atoms with Crippen LogP contribution in [0.2, 0.25) is 0 Å². The predicted octanol–water partition coefficient (Wildman–Crippen LogP) is 4.75. The number of benzene rings is 2. The SMILES string of the molecule is COc1ccc(CCNc2nc(-c3c(C)noc3C)nc3c2ncn3-c2ccccc2)cc1. The number of aromatic nitrogens is 5. The lowest BCUT2D eigenvalue weighted by Gasteiger charge is -2.10. The minimum absolute atomic E-state index is 0.559. The van der Waals surface area contributed by atoms with E-state index in [1.807, 2.05) is 60.9 Å². The summed E-state index contributed by atoms with van der Waals surface area (Å²) in [7, 11) is 1.67. The average Bonchev–Trinajstić information content (AvgIpc) is 3.42. The monoisotopic (exact) mass is 440 g/mol. The molecule has 0 spiro atoms. The first-order valence-electron chi connectivity index (χ1n) is 10.7. The summed E-state index contributed by atoms with van der Waals surface area (Å²) in [6.45, 7) is 4.45. The largest absolute Gasteiger partial charge is 0.497 e. The van der Waals surface area contributed by atoms with Gasteiger partial charge in [0.25, 0.3) is 0 Å². The van der Waals surface area contributed by atoms with Crippen LogP contribution in [-0.4, -0.2) is 38.3 Å². The van der Waals surface area contributed by atoms with Crippen molar-refractivity contribution in [2.45, 2.75) is 20.3 Å². The summed E-state index contributed by atoms with van der Waals surface area (Å²) in [6, 6.07) is 18.1. The van der Waals surface area contributed by atoms with Gasteiger partial charge in [-0.2, -0.15) is 0 Å². The molecule has 5 rings (SSSR count). The van der Waals surface area contributed by atoms with Crippen molar-refractivity contribution in [2.75, 3.05) is 19.0 Å². The minimum atomic E-state index is 0.559. The Balaban J connectivity index is 1.53. The van der Waals surface area contributed by atoms with Gasteiger partial charge in [-0.3, -0.25) is 4.57 Å². The first-order valence-corrected chi connectivity index (χ1v) is 10.7. The standard InChI is InChI=1S/C25H24N6O2/c1-16-21(17(2)33-30-16)23-28-24(26-14-13-18-9-11-20(32-3)12-10-18)22-25(29-23)31(15-27-22)19-7-5-4-6-8-19/h4-12,15H,13-14H2,1-3H3,(H,26,28,29). The number of rotatable bonds is 7. The van der Waals surface area contributed by atoms with E-state index in [0.29, 0.717) is 29.5 Å². The molecule has 0 fully saturated rings. The number of nitrogens with zero attached hydrogens (tertiary/aromatic N) is 5. The number of hydrogen-bond donors (Lipinski definition) is 1. The molecule has 0 aliphatic carbocycles. The van der Waals surface area contributed by atoms with Gasteiger partial charge in [0, 0.05) is 12.2 Å². The van der Waals surface area contributed by atoms with Crippen LogP contribution in [0.3, 0.4) is 0 Å². The van der Waals surface area contributed by atoms with Gasteiger partial charge < -0.3 is 14.6 Å². The van der Waals surface area contributed by atoms with E-state index < -0.39 is 0 Å². The summed E-state index contributed by atoms with van der Waals surface area (Å²) in [5, 5.41) is 7.54. The van der Waals surface area contributed by atoms with Crippen LogP contribution < -0.4 is 10.1 Å². The van der Waals surface area contributed by atoms with E-state index in [0.717, 1.165) is 34.8 Å². The van der Waals surface area contributed by atoms with Crippen LogP contribution in [-0.2, 0) is 6.42 Å². The molecule has 2 aromatic carbocycles. The summed E-state index contributed by atoms with van der Waals surface area (Å²) < 4.78 is 12.6. The Bertz CT molecular complexity index is 1370. The van der Waals surface area contributed by atoms with E-state index in [4.69, 9.17) is 19.2 Å². The van der Waals surface area contributed by atoms with Gasteiger partial charge in [0.2, 0.25) is 0 Å². The molecule has 0 bridgehead atoms. The lowest BCUT2D eigenvalue weighted by Crippen LogP contribution is -2.09. The van der Waals surface area contributed by atoms with Gasteiger partial charge >= 0.3 is 0 Å². The highest BCUT2D eigenvalue weighted by Crippen LogP contribution is 2.29. The summed E-state index contributed by atoms with van der Waals surface area (Å²) in [4.78, 5) is 14.3. The van der Waals surface area contributed by atoms with Crippen molar-refractivity contribution >= 4 is 17.0 Å². The van der Waals surface area contributed by atoms with Crippen LogP contribution in [0.15, 0.2) is 65.4 Å². The highest BCUT2D eigenvalue weighted by atomic mass is 16.5. The molecule has 0 aliphatic heterocycles. The molecule has 0 atom stereocenters. The van der Waals surface area contributed by atoms with Crippen LogP contribution in [0, 0.1) is 13.8 Å². The number of imidazole rings is 1. The van der Waals surface area contributed by atoms with Crippen molar-refractivity contribution < 1.29 is 9.26 Å². The molecule has 3 aromatic heterocycles. The predicted molar refractivity (Wildman–Crippen MR) is 127 cm³/mol. The fraction of sp³-hybridized carbons (Fsp3) is 0.200. The third kappa shape index (κ3) is 4.03. The second kappa shape index (κ2) is 8.74. The van der Waals surface area contributed by atoms with E-state index in [1.54, 1.807) is 13.4 Å². The Morgan fingerprint density at radius 3 is 2.48 bits per heavy atom. The van der Waals surface area contributed by atoms with E-state index in [1.165, 1.54) is 5.56 Å². The van der Waals surface area contributed by atoms with Gasteiger partial charge in [0.1, 0.15) is 17.8 Å². The molecule has 3 heterocycles. The lowest BCUT2D eigenvalue weighted by atomic mass is 10.1. The minimum Gasteiger partial charge on any atom is -0.497 e. The van der Waals surface area contributed by atoms with Crippen LogP contribution in [0.5, 0.6) is 5.75 Å². The van der Waals surface area contributed by atoms with E-state index in [-0.39, 0.29) is 0 Å². The van der Waals surface area contributed by atoms with E-state index in [2.05, 4.69) is 27.6 Å². The Labute approximate surface area is 191 Å². The summed E-state index contributed by atoms with van der Waals surface area (Å²) in [5.41, 5.74) is 5.17. The molecule has 33 heavy (non-hydrogen) atoms. The van der Waals surface area contributed by atoms with Crippen LogP contribution in [0.4, 0.5) is 5.82 Å². The zero-order chi connectivity index (χ0) is 22.8. The maximum Gasteiger partial charge on any atom is 0.170 e. The molecule has 0 unspecified atom stereocenters. The Morgan fingerprint density at radius 1 is 1.00 bits per heavy atom. The molecule has 1 N–H and O–H groups in total. The molecule has 0 aliphatic rings. The van der Waals surface area contributed by atoms with Crippen molar-refractivity contribution in [1.29, 1.82) is 0 Å². The third-order valence-electron chi connectivity index (χ3n) is 5.55. The molecule has 166 valence electrons. The summed E-state index contributed by atoms with van der Waals surface area (Å²) in [5.74, 6) is 2.77. The van der Waals surface area contributed by atoms with Crippen molar-refractivity contribution in [2.24, 2.45) is 0 Å². The number of nitrogens with one attached hydrogen (secondary N) is 1. The van der Waals surface area contributed by atoms with Gasteiger partial charge in [-0.05, 0) is 50.1 Å². The van der Waals surface area contributed by atoms with Crippen molar-refractivity contribution in [3.63, 3.8) is 0 Å². The molecule has 0 radical (unpaired) electrons. The average molecular weight is 441 g/mol. The third-order valence-corrected chi connectivity index (χ3v) is 5.55. The normalized spacial score (nSPS) is 11.1. The smallest absolute Gasteiger partial charge is 0.170 e. The molecular formula is C25H24N6O2. The Kier molecular flexibility index (Phi) is 5.48.